The summed E-state index contributed by atoms with van der Waals surface area (Å²) in [7, 11) is -2.73. The van der Waals surface area contributed by atoms with Gasteiger partial charge in [0.15, 0.2) is 0 Å². The maximum Gasteiger partial charge on any atom is 0.250 e. The molecule has 1 saturated heterocycles. The van der Waals surface area contributed by atoms with Gasteiger partial charge < -0.3 is 14.6 Å². The van der Waals surface area contributed by atoms with E-state index in [4.69, 9.17) is 4.42 Å². The van der Waals surface area contributed by atoms with E-state index in [1.807, 2.05) is 0 Å². The normalized spacial score (nSPS) is 17.9. The number of nitrogens with zero attached hydrogens (tertiary/aromatic N) is 5. The standard InChI is InChI=1S/C21H24N8O4S/c30-19(29-6-5-16(12-29)25-28-34(31)32)9-18-26-27-20(33-18)15-10-22-21(23-11-15)24-17-7-13-3-1-2-4-14(13)8-17/h1-4,10-11,16-17,25,34H,5-9,12H2,(H,22,23,24)(H,28,31,32). The van der Waals surface area contributed by atoms with Crippen LogP contribution in [0.1, 0.15) is 23.4 Å². The smallest absolute Gasteiger partial charge is 0.250 e. The van der Waals surface area contributed by atoms with E-state index in [1.165, 1.54) is 11.1 Å². The van der Waals surface area contributed by atoms with Crippen LogP contribution in [-0.2, 0) is 34.9 Å². The van der Waals surface area contributed by atoms with E-state index in [9.17, 15) is 13.2 Å². The van der Waals surface area contributed by atoms with Crippen LogP contribution in [0.25, 0.3) is 11.5 Å². The summed E-state index contributed by atoms with van der Waals surface area (Å²) in [5.41, 5.74) is 5.94. The summed E-state index contributed by atoms with van der Waals surface area (Å²) in [6.07, 6.45) is 5.70. The average molecular weight is 485 g/mol. The minimum absolute atomic E-state index is 0.0360. The molecule has 0 radical (unpaired) electrons. The second-order valence-electron chi connectivity index (χ2n) is 8.33. The minimum atomic E-state index is -2.73. The molecule has 3 aromatic rings. The number of likely N-dealkylation sites (tertiary alicyclic amines) is 1. The lowest BCUT2D eigenvalue weighted by Crippen LogP contribution is -2.42. The van der Waals surface area contributed by atoms with Crippen LogP contribution in [0, 0.1) is 0 Å². The number of hydrogen-bond donors (Lipinski definition) is 4. The number of carbonyl (C=O) groups excluding carboxylic acids is 1. The molecule has 13 heteroatoms. The zero-order valence-electron chi connectivity index (χ0n) is 18.2. The molecule has 2 aromatic heterocycles. The number of thiol groups is 1. The van der Waals surface area contributed by atoms with E-state index in [-0.39, 0.29) is 36.2 Å². The van der Waals surface area contributed by atoms with Crippen LogP contribution in [0.5, 0.6) is 0 Å². The number of carbonyl (C=O) groups is 1. The number of rotatable bonds is 8. The van der Waals surface area contributed by atoms with Crippen LogP contribution in [0.3, 0.4) is 0 Å². The van der Waals surface area contributed by atoms with Gasteiger partial charge in [0.05, 0.1) is 5.56 Å². The van der Waals surface area contributed by atoms with Gasteiger partial charge in [-0.25, -0.2) is 23.8 Å². The van der Waals surface area contributed by atoms with Crippen LogP contribution < -0.4 is 15.6 Å². The fourth-order valence-corrected chi connectivity index (χ4v) is 4.58. The number of anilines is 1. The molecule has 3 heterocycles. The van der Waals surface area contributed by atoms with Crippen LogP contribution in [0.15, 0.2) is 41.1 Å². The summed E-state index contributed by atoms with van der Waals surface area (Å²) in [4.78, 5) is 25.1. The summed E-state index contributed by atoms with van der Waals surface area (Å²) in [6, 6.07) is 8.51. The molecule has 1 fully saturated rings. The molecule has 34 heavy (non-hydrogen) atoms. The molecule has 1 aromatic carbocycles. The molecule has 178 valence electrons. The molecule has 1 amide bonds. The molecule has 0 spiro atoms. The lowest BCUT2D eigenvalue weighted by Gasteiger charge is -2.15. The third-order valence-corrected chi connectivity index (χ3v) is 6.26. The second-order valence-corrected chi connectivity index (χ2v) is 9.07. The van der Waals surface area contributed by atoms with Crippen molar-refractivity contribution in [2.24, 2.45) is 0 Å². The van der Waals surface area contributed by atoms with Crippen LogP contribution in [0.4, 0.5) is 5.95 Å². The first-order valence-corrected chi connectivity index (χ1v) is 12.1. The molecule has 2 aliphatic rings. The third kappa shape index (κ3) is 5.21. The van der Waals surface area contributed by atoms with Gasteiger partial charge in [-0.1, -0.05) is 24.3 Å². The number of aromatic nitrogens is 4. The highest BCUT2D eigenvalue weighted by molar-refractivity contribution is 7.70. The number of benzene rings is 1. The molecule has 1 aliphatic heterocycles. The Morgan fingerprint density at radius 3 is 2.53 bits per heavy atom. The van der Waals surface area contributed by atoms with Crippen LogP contribution >= 0.6 is 0 Å². The highest BCUT2D eigenvalue weighted by Crippen LogP contribution is 2.24. The van der Waals surface area contributed by atoms with Gasteiger partial charge in [-0.15, -0.1) is 10.2 Å². The van der Waals surface area contributed by atoms with Crippen LogP contribution in [0.2, 0.25) is 0 Å². The largest absolute Gasteiger partial charge is 0.420 e. The first-order valence-electron chi connectivity index (χ1n) is 10.9. The van der Waals surface area contributed by atoms with Crippen molar-refractivity contribution in [2.45, 2.75) is 37.8 Å². The van der Waals surface area contributed by atoms with Crippen molar-refractivity contribution < 1.29 is 17.6 Å². The van der Waals surface area contributed by atoms with Gasteiger partial charge in [0.2, 0.25) is 28.6 Å². The third-order valence-electron chi connectivity index (χ3n) is 5.95. The predicted octanol–water partition coefficient (Wildman–Crippen LogP) is -0.130. The maximum atomic E-state index is 12.5. The van der Waals surface area contributed by atoms with E-state index < -0.39 is 10.9 Å². The number of amides is 1. The lowest BCUT2D eigenvalue weighted by atomic mass is 10.1. The van der Waals surface area contributed by atoms with Crippen molar-refractivity contribution >= 4 is 22.7 Å². The molecule has 0 saturated carbocycles. The molecule has 12 nitrogen and oxygen atoms in total. The molecule has 3 N–H and O–H groups in total. The molecule has 5 rings (SSSR count). The molecule has 1 atom stereocenters. The van der Waals surface area contributed by atoms with Gasteiger partial charge in [0.1, 0.15) is 6.42 Å². The van der Waals surface area contributed by atoms with Gasteiger partial charge in [-0.2, -0.15) is 4.83 Å². The second kappa shape index (κ2) is 9.83. The highest BCUT2D eigenvalue weighted by Gasteiger charge is 2.27. The van der Waals surface area contributed by atoms with E-state index in [0.29, 0.717) is 31.0 Å². The van der Waals surface area contributed by atoms with Crippen molar-refractivity contribution in [3.8, 4) is 11.5 Å². The first-order chi connectivity index (χ1) is 16.5. The van der Waals surface area contributed by atoms with Crippen molar-refractivity contribution in [2.75, 3.05) is 18.4 Å². The van der Waals surface area contributed by atoms with E-state index >= 15 is 0 Å². The van der Waals surface area contributed by atoms with Crippen molar-refractivity contribution in [3.05, 3.63) is 53.7 Å². The van der Waals surface area contributed by atoms with Gasteiger partial charge in [0.25, 0.3) is 5.89 Å². The summed E-state index contributed by atoms with van der Waals surface area (Å²) < 4.78 is 26.9. The van der Waals surface area contributed by atoms with Crippen molar-refractivity contribution in [1.82, 2.24) is 35.3 Å². The van der Waals surface area contributed by atoms with Gasteiger partial charge >= 0.3 is 0 Å². The fraction of sp³-hybridized carbons (Fsp3) is 0.381. The Bertz CT molecular complexity index is 1210. The Labute approximate surface area is 197 Å². The summed E-state index contributed by atoms with van der Waals surface area (Å²) in [6.45, 7) is 0.910. The van der Waals surface area contributed by atoms with Gasteiger partial charge in [-0.05, 0) is 30.4 Å². The average Bonchev–Trinajstić information content (AvgIpc) is 3.57. The molecular weight excluding hydrogens is 460 g/mol. The quantitative estimate of drug-likeness (QED) is 0.251. The highest BCUT2D eigenvalue weighted by atomic mass is 32.2. The monoisotopic (exact) mass is 484 g/mol. The molecular formula is C21H24N8O4S. The number of fused-ring (bicyclic) bond motifs is 1. The fourth-order valence-electron chi connectivity index (χ4n) is 4.29. The maximum absolute atomic E-state index is 12.5. The Morgan fingerprint density at radius 2 is 1.82 bits per heavy atom. The first kappa shape index (κ1) is 22.4. The minimum Gasteiger partial charge on any atom is -0.420 e. The molecule has 1 unspecified atom stereocenters. The van der Waals surface area contributed by atoms with E-state index in [1.54, 1.807) is 17.3 Å². The topological polar surface area (TPSA) is 155 Å². The summed E-state index contributed by atoms with van der Waals surface area (Å²) in [5.74, 6) is 0.805. The predicted molar refractivity (Wildman–Crippen MR) is 122 cm³/mol. The van der Waals surface area contributed by atoms with Gasteiger partial charge in [0, 0.05) is 37.6 Å². The Hall–Kier alpha value is -3.42. The zero-order valence-corrected chi connectivity index (χ0v) is 19.1. The summed E-state index contributed by atoms with van der Waals surface area (Å²) >= 11 is 0. The van der Waals surface area contributed by atoms with Crippen LogP contribution in [-0.4, -0.2) is 64.6 Å². The molecule has 0 bridgehead atoms. The number of hydrazine groups is 1. The number of hydrogen-bond acceptors (Lipinski definition) is 10. The summed E-state index contributed by atoms with van der Waals surface area (Å²) in [5, 5.41) is 11.3. The number of nitrogens with one attached hydrogen (secondary N) is 3. The van der Waals surface area contributed by atoms with Crippen molar-refractivity contribution in [1.29, 1.82) is 0 Å². The Kier molecular flexibility index (Phi) is 6.47. The van der Waals surface area contributed by atoms with E-state index in [0.717, 1.165) is 12.8 Å². The zero-order chi connectivity index (χ0) is 23.5. The Balaban J connectivity index is 1.14. The SMILES string of the molecule is O=C(Cc1nnc(-c2cnc(NC3Cc4ccccc4C3)nc2)o1)N1CCC(NN[SH](=O)=O)C1. The molecule has 1 aliphatic carbocycles. The van der Waals surface area contributed by atoms with E-state index in [2.05, 4.69) is 60.0 Å². The van der Waals surface area contributed by atoms with Crippen molar-refractivity contribution in [3.63, 3.8) is 0 Å². The Morgan fingerprint density at radius 1 is 1.09 bits per heavy atom. The lowest BCUT2D eigenvalue weighted by molar-refractivity contribution is -0.129. The van der Waals surface area contributed by atoms with Gasteiger partial charge in [-0.3, -0.25) is 4.79 Å².